The van der Waals surface area contributed by atoms with Crippen molar-refractivity contribution in [3.8, 4) is 11.5 Å². The lowest BCUT2D eigenvalue weighted by Crippen LogP contribution is -2.23. The molecule has 1 amide bonds. The SMILES string of the molecule is O=C1c2c(ccc(O)c2O)CN1Cc1cc(F)cc(F)c1. The molecule has 0 radical (unpaired) electrons. The number of amides is 1. The normalized spacial score (nSPS) is 13.6. The van der Waals surface area contributed by atoms with Crippen LogP contribution in [0.1, 0.15) is 21.5 Å². The number of halogens is 2. The molecule has 6 heteroatoms. The lowest BCUT2D eigenvalue weighted by atomic mass is 10.1. The van der Waals surface area contributed by atoms with E-state index in [-0.39, 0.29) is 24.4 Å². The molecule has 2 aromatic rings. The van der Waals surface area contributed by atoms with Crippen LogP contribution in [0.4, 0.5) is 8.78 Å². The highest BCUT2D eigenvalue weighted by Gasteiger charge is 2.31. The third-order valence-electron chi connectivity index (χ3n) is 3.40. The molecule has 1 aliphatic heterocycles. The van der Waals surface area contributed by atoms with Gasteiger partial charge in [0.15, 0.2) is 11.5 Å². The lowest BCUT2D eigenvalue weighted by molar-refractivity contribution is 0.0763. The Morgan fingerprint density at radius 2 is 1.76 bits per heavy atom. The molecule has 0 saturated carbocycles. The number of phenols is 2. The second-order valence-electron chi connectivity index (χ2n) is 4.91. The fourth-order valence-corrected chi connectivity index (χ4v) is 2.48. The number of aromatic hydroxyl groups is 2. The minimum absolute atomic E-state index is 0.0163. The third kappa shape index (κ3) is 2.29. The van der Waals surface area contributed by atoms with Crippen molar-refractivity contribution in [2.45, 2.75) is 13.1 Å². The van der Waals surface area contributed by atoms with Gasteiger partial charge in [0, 0.05) is 19.2 Å². The Labute approximate surface area is 118 Å². The Balaban J connectivity index is 1.90. The summed E-state index contributed by atoms with van der Waals surface area (Å²) in [6, 6.07) is 5.89. The molecule has 1 aliphatic rings. The number of nitrogens with zero attached hydrogens (tertiary/aromatic N) is 1. The maximum absolute atomic E-state index is 13.2. The zero-order chi connectivity index (χ0) is 15.1. The Kier molecular flexibility index (Phi) is 3.01. The summed E-state index contributed by atoms with van der Waals surface area (Å²) < 4.78 is 26.3. The molecule has 3 rings (SSSR count). The summed E-state index contributed by atoms with van der Waals surface area (Å²) in [5, 5.41) is 19.2. The Morgan fingerprint density at radius 1 is 1.10 bits per heavy atom. The van der Waals surface area contributed by atoms with Gasteiger partial charge < -0.3 is 15.1 Å². The molecular weight excluding hydrogens is 280 g/mol. The summed E-state index contributed by atoms with van der Waals surface area (Å²) in [4.78, 5) is 13.6. The molecule has 21 heavy (non-hydrogen) atoms. The van der Waals surface area contributed by atoms with Gasteiger partial charge >= 0.3 is 0 Å². The van der Waals surface area contributed by atoms with Gasteiger partial charge in [0.1, 0.15) is 11.6 Å². The highest BCUT2D eigenvalue weighted by molar-refractivity contribution is 6.01. The summed E-state index contributed by atoms with van der Waals surface area (Å²) in [7, 11) is 0. The average Bonchev–Trinajstić information content (AvgIpc) is 2.70. The third-order valence-corrected chi connectivity index (χ3v) is 3.40. The van der Waals surface area contributed by atoms with E-state index in [2.05, 4.69) is 0 Å². The number of hydrogen-bond acceptors (Lipinski definition) is 3. The molecule has 108 valence electrons. The highest BCUT2D eigenvalue weighted by Crippen LogP contribution is 2.37. The van der Waals surface area contributed by atoms with Gasteiger partial charge in [-0.05, 0) is 29.3 Å². The van der Waals surface area contributed by atoms with Crippen LogP contribution < -0.4 is 0 Å². The number of hydrogen-bond donors (Lipinski definition) is 2. The molecule has 1 heterocycles. The molecule has 0 unspecified atom stereocenters. The highest BCUT2D eigenvalue weighted by atomic mass is 19.1. The summed E-state index contributed by atoms with van der Waals surface area (Å²) in [6.45, 7) is 0.225. The first-order valence-electron chi connectivity index (χ1n) is 6.24. The predicted molar refractivity (Wildman–Crippen MR) is 69.7 cm³/mol. The van der Waals surface area contributed by atoms with E-state index in [0.29, 0.717) is 11.1 Å². The second-order valence-corrected chi connectivity index (χ2v) is 4.91. The molecule has 0 aromatic heterocycles. The van der Waals surface area contributed by atoms with Crippen LogP contribution in [0, 0.1) is 11.6 Å². The summed E-state index contributed by atoms with van der Waals surface area (Å²) >= 11 is 0. The van der Waals surface area contributed by atoms with Gasteiger partial charge in [-0.3, -0.25) is 4.79 Å². The summed E-state index contributed by atoms with van der Waals surface area (Å²) in [5.74, 6) is -2.75. The number of rotatable bonds is 2. The second kappa shape index (κ2) is 4.73. The Morgan fingerprint density at radius 3 is 2.43 bits per heavy atom. The van der Waals surface area contributed by atoms with Gasteiger partial charge in [-0.25, -0.2) is 8.78 Å². The molecule has 0 aliphatic carbocycles. The minimum atomic E-state index is -0.713. The van der Waals surface area contributed by atoms with E-state index in [1.807, 2.05) is 0 Å². The molecule has 0 fully saturated rings. The predicted octanol–water partition coefficient (Wildman–Crippen LogP) is 2.53. The van der Waals surface area contributed by atoms with Crippen LogP contribution >= 0.6 is 0 Å². The van der Waals surface area contributed by atoms with E-state index in [9.17, 15) is 23.8 Å². The van der Waals surface area contributed by atoms with Gasteiger partial charge in [0.25, 0.3) is 5.91 Å². The molecule has 2 N–H and O–H groups in total. The van der Waals surface area contributed by atoms with Crippen LogP contribution in [0.2, 0.25) is 0 Å². The number of carbonyl (C=O) groups is 1. The van der Waals surface area contributed by atoms with Crippen molar-refractivity contribution < 1.29 is 23.8 Å². The maximum Gasteiger partial charge on any atom is 0.258 e. The van der Waals surface area contributed by atoms with Crippen LogP contribution in [-0.4, -0.2) is 21.0 Å². The van der Waals surface area contributed by atoms with Crippen LogP contribution in [-0.2, 0) is 13.1 Å². The molecule has 4 nitrogen and oxygen atoms in total. The largest absolute Gasteiger partial charge is 0.504 e. The number of phenolic OH excluding ortho intramolecular Hbond substituents is 2. The molecule has 0 bridgehead atoms. The fourth-order valence-electron chi connectivity index (χ4n) is 2.48. The van der Waals surface area contributed by atoms with Gasteiger partial charge in [0.05, 0.1) is 5.56 Å². The van der Waals surface area contributed by atoms with Crippen LogP contribution in [0.5, 0.6) is 11.5 Å². The minimum Gasteiger partial charge on any atom is -0.504 e. The standard InChI is InChI=1S/C15H11F2NO3/c16-10-3-8(4-11(17)5-10)6-18-7-9-1-2-12(19)14(20)13(9)15(18)21/h1-5,19-20H,6-7H2. The smallest absolute Gasteiger partial charge is 0.258 e. The van der Waals surface area contributed by atoms with Crippen molar-refractivity contribution in [1.82, 2.24) is 4.90 Å². The zero-order valence-electron chi connectivity index (χ0n) is 10.8. The van der Waals surface area contributed by atoms with Crippen molar-refractivity contribution in [2.24, 2.45) is 0 Å². The Bertz CT molecular complexity index is 726. The number of carbonyl (C=O) groups excluding carboxylic acids is 1. The molecule has 0 spiro atoms. The lowest BCUT2D eigenvalue weighted by Gasteiger charge is -2.15. The van der Waals surface area contributed by atoms with Gasteiger partial charge in [-0.1, -0.05) is 6.07 Å². The van der Waals surface area contributed by atoms with Gasteiger partial charge in [-0.2, -0.15) is 0 Å². The molecule has 0 saturated heterocycles. The quantitative estimate of drug-likeness (QED) is 0.836. The van der Waals surface area contributed by atoms with Crippen LogP contribution in [0.15, 0.2) is 30.3 Å². The first-order chi connectivity index (χ1) is 9.95. The fraction of sp³-hybridized carbons (Fsp3) is 0.133. The molecule has 2 aromatic carbocycles. The topological polar surface area (TPSA) is 60.8 Å². The monoisotopic (exact) mass is 291 g/mol. The van der Waals surface area contributed by atoms with Crippen molar-refractivity contribution >= 4 is 5.91 Å². The van der Waals surface area contributed by atoms with E-state index >= 15 is 0 Å². The van der Waals surface area contributed by atoms with E-state index < -0.39 is 23.3 Å². The van der Waals surface area contributed by atoms with E-state index in [4.69, 9.17) is 0 Å². The number of fused-ring (bicyclic) bond motifs is 1. The van der Waals surface area contributed by atoms with Crippen molar-refractivity contribution in [1.29, 1.82) is 0 Å². The van der Waals surface area contributed by atoms with Crippen LogP contribution in [0.25, 0.3) is 0 Å². The zero-order valence-corrected chi connectivity index (χ0v) is 10.8. The van der Waals surface area contributed by atoms with E-state index in [1.54, 1.807) is 0 Å². The van der Waals surface area contributed by atoms with Gasteiger partial charge in [0.2, 0.25) is 0 Å². The first-order valence-corrected chi connectivity index (χ1v) is 6.24. The number of benzene rings is 2. The summed E-state index contributed by atoms with van der Waals surface area (Å²) in [6.07, 6.45) is 0. The molecule has 0 atom stereocenters. The summed E-state index contributed by atoms with van der Waals surface area (Å²) in [5.41, 5.74) is 0.913. The van der Waals surface area contributed by atoms with E-state index in [0.717, 1.165) is 18.2 Å². The van der Waals surface area contributed by atoms with Crippen molar-refractivity contribution in [3.05, 3.63) is 58.7 Å². The van der Waals surface area contributed by atoms with E-state index in [1.165, 1.54) is 17.0 Å². The first kappa shape index (κ1) is 13.4. The van der Waals surface area contributed by atoms with Crippen LogP contribution in [0.3, 0.4) is 0 Å². The Hall–Kier alpha value is -2.63. The van der Waals surface area contributed by atoms with Gasteiger partial charge in [-0.15, -0.1) is 0 Å². The molecular formula is C15H11F2NO3. The maximum atomic E-state index is 13.2. The van der Waals surface area contributed by atoms with Crippen molar-refractivity contribution in [2.75, 3.05) is 0 Å². The van der Waals surface area contributed by atoms with Crippen molar-refractivity contribution in [3.63, 3.8) is 0 Å². The average molecular weight is 291 g/mol.